The highest BCUT2D eigenvalue weighted by Crippen LogP contribution is 2.18. The highest BCUT2D eigenvalue weighted by molar-refractivity contribution is 5.95. The summed E-state index contributed by atoms with van der Waals surface area (Å²) in [5.74, 6) is -3.68. The number of nitrogens with zero attached hydrogens (tertiary/aromatic N) is 1. The number of carbonyl (C=O) groups excluding carboxylic acids is 4. The molecule has 1 fully saturated rings. The molecular weight excluding hydrogens is 410 g/mol. The first-order valence-electron chi connectivity index (χ1n) is 10.3. The zero-order valence-corrected chi connectivity index (χ0v) is 18.1. The fourth-order valence-electron chi connectivity index (χ4n) is 3.27. The van der Waals surface area contributed by atoms with Crippen LogP contribution in [0, 0.1) is 5.92 Å². The second-order valence-corrected chi connectivity index (χ2v) is 7.95. The zero-order valence-electron chi connectivity index (χ0n) is 18.1. The maximum atomic E-state index is 12.8. The second kappa shape index (κ2) is 12.2. The number of nitrogens with one attached hydrogen (secondary N) is 3. The molecule has 1 rings (SSSR count). The number of aliphatic hydroxyl groups is 1. The predicted molar refractivity (Wildman–Crippen MR) is 109 cm³/mol. The maximum Gasteiger partial charge on any atom is 0.325 e. The van der Waals surface area contributed by atoms with E-state index in [0.29, 0.717) is 19.4 Å². The third-order valence-corrected chi connectivity index (χ3v) is 4.94. The van der Waals surface area contributed by atoms with Crippen LogP contribution in [0.25, 0.3) is 0 Å². The van der Waals surface area contributed by atoms with E-state index in [4.69, 9.17) is 10.8 Å². The third-order valence-electron chi connectivity index (χ3n) is 4.94. The van der Waals surface area contributed by atoms with Crippen LogP contribution in [0.3, 0.4) is 0 Å². The van der Waals surface area contributed by atoms with Crippen LogP contribution in [0.5, 0.6) is 0 Å². The lowest BCUT2D eigenvalue weighted by molar-refractivity contribution is -0.142. The quantitative estimate of drug-likeness (QED) is 0.202. The molecule has 7 N–H and O–H groups in total. The number of carboxylic acids is 1. The number of rotatable bonds is 11. The first-order chi connectivity index (χ1) is 14.5. The number of aliphatic hydroxyl groups excluding tert-OH is 1. The molecule has 4 amide bonds. The predicted octanol–water partition coefficient (Wildman–Crippen LogP) is -2.47. The van der Waals surface area contributed by atoms with Gasteiger partial charge in [0.2, 0.25) is 23.6 Å². The summed E-state index contributed by atoms with van der Waals surface area (Å²) >= 11 is 0. The van der Waals surface area contributed by atoms with E-state index in [2.05, 4.69) is 16.0 Å². The molecule has 12 nitrogen and oxygen atoms in total. The molecule has 0 saturated carbocycles. The number of hydrogen-bond donors (Lipinski definition) is 6. The van der Waals surface area contributed by atoms with Gasteiger partial charge in [0.15, 0.2) is 0 Å². The van der Waals surface area contributed by atoms with Gasteiger partial charge >= 0.3 is 5.97 Å². The molecule has 1 aliphatic heterocycles. The maximum absolute atomic E-state index is 12.8. The molecule has 1 heterocycles. The molecule has 1 saturated heterocycles. The molecule has 12 heteroatoms. The third kappa shape index (κ3) is 7.79. The van der Waals surface area contributed by atoms with Gasteiger partial charge < -0.3 is 36.8 Å². The fourth-order valence-corrected chi connectivity index (χ4v) is 3.27. The molecule has 4 atom stereocenters. The van der Waals surface area contributed by atoms with E-state index in [9.17, 15) is 29.1 Å². The minimum atomic E-state index is -1.39. The summed E-state index contributed by atoms with van der Waals surface area (Å²) < 4.78 is 0. The number of amides is 4. The molecule has 0 spiro atoms. The molecule has 0 bridgehead atoms. The van der Waals surface area contributed by atoms with Crippen molar-refractivity contribution < 1.29 is 34.2 Å². The van der Waals surface area contributed by atoms with Crippen LogP contribution in [0.15, 0.2) is 0 Å². The summed E-state index contributed by atoms with van der Waals surface area (Å²) in [6.45, 7) is 4.36. The number of aliphatic carboxylic acids is 1. The molecule has 0 aliphatic carbocycles. The van der Waals surface area contributed by atoms with Crippen molar-refractivity contribution in [3.05, 3.63) is 0 Å². The SMILES string of the molecule is CC(C)C[C@H](NC(=O)[C@@H]1CCCN1C(=O)CN)C(=O)N[C@@H](CO)C(=O)N[C@@H](C)C(=O)O. The van der Waals surface area contributed by atoms with Crippen molar-refractivity contribution >= 4 is 29.6 Å². The molecule has 0 radical (unpaired) electrons. The van der Waals surface area contributed by atoms with Gasteiger partial charge in [-0.3, -0.25) is 24.0 Å². The molecule has 0 aromatic rings. The Morgan fingerprint density at radius 3 is 2.16 bits per heavy atom. The zero-order chi connectivity index (χ0) is 23.7. The van der Waals surface area contributed by atoms with E-state index in [1.807, 2.05) is 13.8 Å². The van der Waals surface area contributed by atoms with Gasteiger partial charge in [0.1, 0.15) is 24.2 Å². The molecular formula is C19H33N5O7. The minimum Gasteiger partial charge on any atom is -0.480 e. The number of nitrogens with two attached hydrogens (primary N) is 1. The number of hydrogen-bond acceptors (Lipinski definition) is 7. The van der Waals surface area contributed by atoms with Crippen LogP contribution < -0.4 is 21.7 Å². The highest BCUT2D eigenvalue weighted by Gasteiger charge is 2.36. The topological polar surface area (TPSA) is 191 Å². The summed E-state index contributed by atoms with van der Waals surface area (Å²) in [5.41, 5.74) is 5.40. The monoisotopic (exact) mass is 443 g/mol. The Bertz CT molecular complexity index is 685. The number of likely N-dealkylation sites (tertiary alicyclic amines) is 1. The average Bonchev–Trinajstić information content (AvgIpc) is 3.20. The number of carboxylic acid groups (broad SMARTS) is 1. The molecule has 176 valence electrons. The van der Waals surface area contributed by atoms with Crippen LogP contribution in [-0.4, -0.2) is 88.6 Å². The van der Waals surface area contributed by atoms with Crippen molar-refractivity contribution in [2.45, 2.75) is 64.2 Å². The lowest BCUT2D eigenvalue weighted by Crippen LogP contribution is -2.58. The Balaban J connectivity index is 2.86. The van der Waals surface area contributed by atoms with Crippen molar-refractivity contribution in [3.8, 4) is 0 Å². The van der Waals surface area contributed by atoms with E-state index in [1.54, 1.807) is 0 Å². The Morgan fingerprint density at radius 2 is 1.65 bits per heavy atom. The lowest BCUT2D eigenvalue weighted by atomic mass is 10.0. The van der Waals surface area contributed by atoms with Crippen LogP contribution in [-0.2, 0) is 24.0 Å². The fraction of sp³-hybridized carbons (Fsp3) is 0.737. The molecule has 0 aromatic heterocycles. The van der Waals surface area contributed by atoms with Gasteiger partial charge in [-0.05, 0) is 32.1 Å². The van der Waals surface area contributed by atoms with Crippen molar-refractivity contribution in [2.75, 3.05) is 19.7 Å². The minimum absolute atomic E-state index is 0.00911. The second-order valence-electron chi connectivity index (χ2n) is 7.95. The summed E-state index contributed by atoms with van der Waals surface area (Å²) in [4.78, 5) is 61.9. The first kappa shape index (κ1) is 26.3. The van der Waals surface area contributed by atoms with E-state index >= 15 is 0 Å². The highest BCUT2D eigenvalue weighted by atomic mass is 16.4. The Kier molecular flexibility index (Phi) is 10.4. The van der Waals surface area contributed by atoms with Crippen molar-refractivity contribution in [2.24, 2.45) is 11.7 Å². The first-order valence-corrected chi connectivity index (χ1v) is 10.3. The van der Waals surface area contributed by atoms with Crippen molar-refractivity contribution in [1.82, 2.24) is 20.9 Å². The van der Waals surface area contributed by atoms with Crippen molar-refractivity contribution in [3.63, 3.8) is 0 Å². The Morgan fingerprint density at radius 1 is 1.03 bits per heavy atom. The molecule has 0 unspecified atom stereocenters. The summed E-state index contributed by atoms with van der Waals surface area (Å²) in [6.07, 6.45) is 1.34. The van der Waals surface area contributed by atoms with Gasteiger partial charge in [-0.15, -0.1) is 0 Å². The van der Waals surface area contributed by atoms with Gasteiger partial charge in [-0.1, -0.05) is 13.8 Å². The largest absolute Gasteiger partial charge is 0.480 e. The standard InChI is InChI=1S/C19H33N5O7/c1-10(2)7-12(22-18(29)14-5-4-6-24(14)15(26)8-20)16(27)23-13(9-25)17(28)21-11(3)19(30)31/h10-14,25H,4-9,20H2,1-3H3,(H,21,28)(H,22,29)(H,23,27)(H,30,31)/t11-,12-,13-,14-/m0/s1. The number of carbonyl (C=O) groups is 5. The van der Waals surface area contributed by atoms with Gasteiger partial charge in [0, 0.05) is 6.54 Å². The van der Waals surface area contributed by atoms with Crippen molar-refractivity contribution in [1.29, 1.82) is 0 Å². The average molecular weight is 444 g/mol. The van der Waals surface area contributed by atoms with Gasteiger partial charge in [0.05, 0.1) is 13.2 Å². The van der Waals surface area contributed by atoms with E-state index in [1.165, 1.54) is 11.8 Å². The van der Waals surface area contributed by atoms with E-state index in [-0.39, 0.29) is 24.8 Å². The van der Waals surface area contributed by atoms with Gasteiger partial charge in [0.25, 0.3) is 0 Å². The van der Waals surface area contributed by atoms with Crippen LogP contribution in [0.1, 0.15) is 40.0 Å². The van der Waals surface area contributed by atoms with E-state index < -0.39 is 54.5 Å². The van der Waals surface area contributed by atoms with Crippen LogP contribution >= 0.6 is 0 Å². The normalized spacial score (nSPS) is 18.8. The smallest absolute Gasteiger partial charge is 0.325 e. The van der Waals surface area contributed by atoms with Crippen LogP contribution in [0.4, 0.5) is 0 Å². The summed E-state index contributed by atoms with van der Waals surface area (Å²) in [6, 6.07) is -4.34. The van der Waals surface area contributed by atoms with Gasteiger partial charge in [-0.2, -0.15) is 0 Å². The molecule has 1 aliphatic rings. The Hall–Kier alpha value is -2.73. The lowest BCUT2D eigenvalue weighted by Gasteiger charge is -2.27. The van der Waals surface area contributed by atoms with Crippen LogP contribution in [0.2, 0.25) is 0 Å². The Labute approximate surface area is 180 Å². The summed E-state index contributed by atoms with van der Waals surface area (Å²) in [5, 5.41) is 25.5. The van der Waals surface area contributed by atoms with E-state index in [0.717, 1.165) is 0 Å². The molecule has 0 aromatic carbocycles. The molecule has 31 heavy (non-hydrogen) atoms. The summed E-state index contributed by atoms with van der Waals surface area (Å²) in [7, 11) is 0. The van der Waals surface area contributed by atoms with Gasteiger partial charge in [-0.25, -0.2) is 0 Å².